The van der Waals surface area contributed by atoms with Crippen LogP contribution in [-0.2, 0) is 6.42 Å². The van der Waals surface area contributed by atoms with Crippen molar-refractivity contribution in [2.24, 2.45) is 0 Å². The van der Waals surface area contributed by atoms with Crippen molar-refractivity contribution < 1.29 is 0 Å². The molecule has 3 heteroatoms. The van der Waals surface area contributed by atoms with Crippen molar-refractivity contribution in [1.82, 2.24) is 10.2 Å². The van der Waals surface area contributed by atoms with Gasteiger partial charge in [-0.1, -0.05) is 38.1 Å². The van der Waals surface area contributed by atoms with Crippen LogP contribution in [0, 0.1) is 0 Å². The molecule has 1 unspecified atom stereocenters. The number of nitrogens with one attached hydrogen (secondary N) is 1. The van der Waals surface area contributed by atoms with Crippen molar-refractivity contribution in [2.75, 3.05) is 37.7 Å². The van der Waals surface area contributed by atoms with Gasteiger partial charge in [-0.3, -0.25) is 0 Å². The summed E-state index contributed by atoms with van der Waals surface area (Å²) in [5.74, 6) is 2.60. The summed E-state index contributed by atoms with van der Waals surface area (Å²) < 4.78 is 0. The lowest BCUT2D eigenvalue weighted by Crippen LogP contribution is -2.38. The fraction of sp³-hybridized carbons (Fsp3) is 0.647. The zero-order valence-corrected chi connectivity index (χ0v) is 13.7. The fourth-order valence-corrected chi connectivity index (χ4v) is 3.68. The van der Waals surface area contributed by atoms with Crippen molar-refractivity contribution in [1.29, 1.82) is 0 Å². The molecule has 1 aromatic rings. The molecule has 112 valence electrons. The molecule has 0 bridgehead atoms. The van der Waals surface area contributed by atoms with Gasteiger partial charge in [-0.05, 0) is 24.0 Å². The standard InChI is InChI=1S/C17H28N2S/c1-3-15-5-7-16(8-6-15)17(4-2)18-9-10-19-11-13-20-14-12-19/h5-8,17-18H,3-4,9-14H2,1-2H3. The van der Waals surface area contributed by atoms with Crippen LogP contribution in [0.1, 0.15) is 37.4 Å². The van der Waals surface area contributed by atoms with E-state index < -0.39 is 0 Å². The molecule has 20 heavy (non-hydrogen) atoms. The summed E-state index contributed by atoms with van der Waals surface area (Å²) in [6.07, 6.45) is 2.28. The number of hydrogen-bond donors (Lipinski definition) is 1. The van der Waals surface area contributed by atoms with E-state index in [0.717, 1.165) is 19.4 Å². The lowest BCUT2D eigenvalue weighted by atomic mass is 10.0. The second-order valence-corrected chi connectivity index (χ2v) is 6.69. The average molecular weight is 292 g/mol. The van der Waals surface area contributed by atoms with E-state index in [1.165, 1.54) is 42.3 Å². The third-order valence-corrected chi connectivity index (χ3v) is 5.06. The second kappa shape index (κ2) is 8.71. The molecule has 1 heterocycles. The van der Waals surface area contributed by atoms with Crippen LogP contribution in [0.15, 0.2) is 24.3 Å². The summed E-state index contributed by atoms with van der Waals surface area (Å²) in [4.78, 5) is 2.58. The molecule has 0 amide bonds. The van der Waals surface area contributed by atoms with Gasteiger partial charge in [0.15, 0.2) is 0 Å². The molecule has 1 aromatic carbocycles. The van der Waals surface area contributed by atoms with Crippen LogP contribution in [0.3, 0.4) is 0 Å². The first-order chi connectivity index (χ1) is 9.83. The Morgan fingerprint density at radius 2 is 1.85 bits per heavy atom. The highest BCUT2D eigenvalue weighted by Gasteiger charge is 2.12. The maximum absolute atomic E-state index is 3.72. The van der Waals surface area contributed by atoms with E-state index in [2.05, 4.69) is 60.1 Å². The predicted molar refractivity (Wildman–Crippen MR) is 90.6 cm³/mol. The van der Waals surface area contributed by atoms with Gasteiger partial charge in [0.1, 0.15) is 0 Å². The second-order valence-electron chi connectivity index (χ2n) is 5.46. The Morgan fingerprint density at radius 3 is 2.45 bits per heavy atom. The first kappa shape index (κ1) is 15.9. The number of rotatable bonds is 7. The van der Waals surface area contributed by atoms with Crippen LogP contribution in [0.4, 0.5) is 0 Å². The Hall–Kier alpha value is -0.510. The number of thioether (sulfide) groups is 1. The molecule has 0 saturated carbocycles. The van der Waals surface area contributed by atoms with Crippen molar-refractivity contribution in [2.45, 2.75) is 32.7 Å². The van der Waals surface area contributed by atoms with Gasteiger partial charge in [-0.25, -0.2) is 0 Å². The monoisotopic (exact) mass is 292 g/mol. The lowest BCUT2D eigenvalue weighted by Gasteiger charge is -2.27. The number of benzene rings is 1. The van der Waals surface area contributed by atoms with Crippen molar-refractivity contribution in [3.8, 4) is 0 Å². The number of hydrogen-bond acceptors (Lipinski definition) is 3. The smallest absolute Gasteiger partial charge is 0.0318 e. The topological polar surface area (TPSA) is 15.3 Å². The zero-order valence-electron chi connectivity index (χ0n) is 12.9. The Balaban J connectivity index is 1.78. The summed E-state index contributed by atoms with van der Waals surface area (Å²) in [5, 5.41) is 3.72. The Morgan fingerprint density at radius 1 is 1.15 bits per heavy atom. The largest absolute Gasteiger partial charge is 0.309 e. The van der Waals surface area contributed by atoms with Gasteiger partial charge in [0, 0.05) is 43.7 Å². The van der Waals surface area contributed by atoms with Crippen LogP contribution in [-0.4, -0.2) is 42.6 Å². The SMILES string of the molecule is CCc1ccc(C(CC)NCCN2CCSCC2)cc1. The third kappa shape index (κ3) is 4.80. The summed E-state index contributed by atoms with van der Waals surface area (Å²) in [6.45, 7) is 9.27. The molecule has 1 aliphatic rings. The maximum Gasteiger partial charge on any atom is 0.0318 e. The van der Waals surface area contributed by atoms with E-state index in [0.29, 0.717) is 6.04 Å². The lowest BCUT2D eigenvalue weighted by molar-refractivity contribution is 0.294. The molecule has 0 aromatic heterocycles. The van der Waals surface area contributed by atoms with Gasteiger partial charge >= 0.3 is 0 Å². The van der Waals surface area contributed by atoms with E-state index in [1.807, 2.05) is 0 Å². The summed E-state index contributed by atoms with van der Waals surface area (Å²) >= 11 is 2.08. The van der Waals surface area contributed by atoms with Crippen molar-refractivity contribution in [3.63, 3.8) is 0 Å². The van der Waals surface area contributed by atoms with Gasteiger partial charge in [0.25, 0.3) is 0 Å². The van der Waals surface area contributed by atoms with Gasteiger partial charge in [-0.2, -0.15) is 11.8 Å². The van der Waals surface area contributed by atoms with Gasteiger partial charge in [0.05, 0.1) is 0 Å². The fourth-order valence-electron chi connectivity index (χ4n) is 2.71. The minimum atomic E-state index is 0.500. The summed E-state index contributed by atoms with van der Waals surface area (Å²) in [6, 6.07) is 9.61. The first-order valence-electron chi connectivity index (χ1n) is 7.95. The van der Waals surface area contributed by atoms with Gasteiger partial charge < -0.3 is 10.2 Å². The molecular formula is C17H28N2S. The van der Waals surface area contributed by atoms with Crippen molar-refractivity contribution >= 4 is 11.8 Å². The molecule has 0 radical (unpaired) electrons. The normalized spacial score (nSPS) is 18.1. The van der Waals surface area contributed by atoms with Gasteiger partial charge in [-0.15, -0.1) is 0 Å². The number of aryl methyl sites for hydroxylation is 1. The maximum atomic E-state index is 3.72. The zero-order chi connectivity index (χ0) is 14.2. The first-order valence-corrected chi connectivity index (χ1v) is 9.11. The summed E-state index contributed by atoms with van der Waals surface area (Å²) in [7, 11) is 0. The third-order valence-electron chi connectivity index (χ3n) is 4.12. The highest BCUT2D eigenvalue weighted by Crippen LogP contribution is 2.17. The number of nitrogens with zero attached hydrogens (tertiary/aromatic N) is 1. The molecule has 2 nitrogen and oxygen atoms in total. The van der Waals surface area contributed by atoms with Crippen LogP contribution in [0.5, 0.6) is 0 Å². The van der Waals surface area contributed by atoms with E-state index in [4.69, 9.17) is 0 Å². The van der Waals surface area contributed by atoms with E-state index in [-0.39, 0.29) is 0 Å². The Kier molecular flexibility index (Phi) is 6.91. The Bertz CT molecular complexity index is 371. The van der Waals surface area contributed by atoms with Crippen LogP contribution in [0.2, 0.25) is 0 Å². The van der Waals surface area contributed by atoms with E-state index in [1.54, 1.807) is 0 Å². The van der Waals surface area contributed by atoms with Gasteiger partial charge in [0.2, 0.25) is 0 Å². The molecule has 1 N–H and O–H groups in total. The van der Waals surface area contributed by atoms with Crippen LogP contribution in [0.25, 0.3) is 0 Å². The summed E-state index contributed by atoms with van der Waals surface area (Å²) in [5.41, 5.74) is 2.85. The van der Waals surface area contributed by atoms with Crippen LogP contribution < -0.4 is 5.32 Å². The molecule has 1 fully saturated rings. The average Bonchev–Trinajstić information content (AvgIpc) is 2.53. The molecule has 1 aliphatic heterocycles. The molecule has 1 atom stereocenters. The van der Waals surface area contributed by atoms with Crippen molar-refractivity contribution in [3.05, 3.63) is 35.4 Å². The minimum absolute atomic E-state index is 0.500. The molecule has 0 aliphatic carbocycles. The minimum Gasteiger partial charge on any atom is -0.309 e. The molecule has 2 rings (SSSR count). The highest BCUT2D eigenvalue weighted by atomic mass is 32.2. The van der Waals surface area contributed by atoms with E-state index in [9.17, 15) is 0 Å². The Labute approximate surface area is 128 Å². The molecule has 1 saturated heterocycles. The highest BCUT2D eigenvalue weighted by molar-refractivity contribution is 7.99. The molecule has 0 spiro atoms. The quantitative estimate of drug-likeness (QED) is 0.830. The predicted octanol–water partition coefficient (Wildman–Crippen LogP) is 3.34. The molecular weight excluding hydrogens is 264 g/mol. The van der Waals surface area contributed by atoms with Crippen LogP contribution >= 0.6 is 11.8 Å². The van der Waals surface area contributed by atoms with E-state index >= 15 is 0 Å².